The second kappa shape index (κ2) is 6.70. The Kier molecular flexibility index (Phi) is 4.23. The molecule has 3 heteroatoms. The minimum atomic E-state index is -1.05. The Labute approximate surface area is 153 Å². The Hall–Kier alpha value is -3.04. The summed E-state index contributed by atoms with van der Waals surface area (Å²) in [5.74, 6) is 0.313. The highest BCUT2D eigenvalue weighted by molar-refractivity contribution is 5.90. The fraction of sp³-hybridized carbons (Fsp3) is 0.130. The van der Waals surface area contributed by atoms with Crippen molar-refractivity contribution in [2.24, 2.45) is 0 Å². The first-order valence-corrected chi connectivity index (χ1v) is 8.53. The van der Waals surface area contributed by atoms with Gasteiger partial charge in [-0.05, 0) is 17.7 Å². The molecule has 0 bridgehead atoms. The van der Waals surface area contributed by atoms with Crippen molar-refractivity contribution >= 4 is 11.6 Å². The van der Waals surface area contributed by atoms with Gasteiger partial charge in [-0.15, -0.1) is 0 Å². The molecule has 1 aliphatic rings. The van der Waals surface area contributed by atoms with Gasteiger partial charge in [0, 0.05) is 23.8 Å². The number of ether oxygens (including phenoxy) is 3. The number of fused-ring (bicyclic) bond motifs is 1. The Morgan fingerprint density at radius 2 is 1.46 bits per heavy atom. The summed E-state index contributed by atoms with van der Waals surface area (Å²) < 4.78 is 18.1. The molecule has 1 heterocycles. The maximum atomic E-state index is 6.53. The molecule has 0 amide bonds. The molecule has 1 aliphatic heterocycles. The summed E-state index contributed by atoms with van der Waals surface area (Å²) in [6.45, 7) is 0. The van der Waals surface area contributed by atoms with E-state index in [1.165, 1.54) is 0 Å². The van der Waals surface area contributed by atoms with Crippen LogP contribution in [0.2, 0.25) is 0 Å². The summed E-state index contributed by atoms with van der Waals surface area (Å²) in [6.07, 6.45) is 2.12. The van der Waals surface area contributed by atoms with Crippen molar-refractivity contribution in [2.45, 2.75) is 5.79 Å². The van der Waals surface area contributed by atoms with E-state index in [0.29, 0.717) is 11.5 Å². The van der Waals surface area contributed by atoms with E-state index in [-0.39, 0.29) is 0 Å². The van der Waals surface area contributed by atoms with Crippen LogP contribution in [0.1, 0.15) is 16.7 Å². The van der Waals surface area contributed by atoms with Crippen LogP contribution in [0.15, 0.2) is 78.9 Å². The van der Waals surface area contributed by atoms with E-state index in [1.807, 2.05) is 66.7 Å². The van der Waals surface area contributed by atoms with Crippen molar-refractivity contribution in [3.63, 3.8) is 0 Å². The van der Waals surface area contributed by atoms with Crippen molar-refractivity contribution in [1.29, 1.82) is 0 Å². The molecular weight excluding hydrogens is 324 g/mol. The zero-order valence-corrected chi connectivity index (χ0v) is 14.8. The molecule has 0 aliphatic carbocycles. The van der Waals surface area contributed by atoms with E-state index in [9.17, 15) is 0 Å². The molecule has 3 nitrogen and oxygen atoms in total. The van der Waals surface area contributed by atoms with E-state index in [1.54, 1.807) is 14.2 Å². The van der Waals surface area contributed by atoms with Gasteiger partial charge in [-0.3, -0.25) is 0 Å². The second-order valence-corrected chi connectivity index (χ2v) is 6.09. The molecule has 0 fully saturated rings. The van der Waals surface area contributed by atoms with Crippen LogP contribution in [0.25, 0.3) is 11.6 Å². The number of rotatable bonds is 4. The predicted molar refractivity (Wildman–Crippen MR) is 103 cm³/mol. The number of methoxy groups -OCH3 is 2. The Morgan fingerprint density at radius 3 is 2.12 bits per heavy atom. The zero-order valence-electron chi connectivity index (χ0n) is 14.8. The van der Waals surface area contributed by atoms with Gasteiger partial charge in [0.25, 0.3) is 5.79 Å². The highest BCUT2D eigenvalue weighted by Crippen LogP contribution is 2.49. The van der Waals surface area contributed by atoms with Crippen LogP contribution in [0.5, 0.6) is 11.5 Å². The van der Waals surface area contributed by atoms with Crippen LogP contribution in [0.4, 0.5) is 0 Å². The number of hydrogen-bond acceptors (Lipinski definition) is 3. The molecule has 3 aromatic rings. The van der Waals surface area contributed by atoms with Gasteiger partial charge in [0.1, 0.15) is 0 Å². The first kappa shape index (κ1) is 16.4. The standard InChI is InChI=1S/C23H20O3/c1-24-21-15-9-12-18-16-20(17-10-5-3-6-11-17)23(25-2,26-22(18)21)19-13-7-4-8-14-19/h3-16H,1-2H3. The summed E-state index contributed by atoms with van der Waals surface area (Å²) in [7, 11) is 3.32. The van der Waals surface area contributed by atoms with Crippen molar-refractivity contribution in [1.82, 2.24) is 0 Å². The molecule has 1 unspecified atom stereocenters. The van der Waals surface area contributed by atoms with Crippen molar-refractivity contribution in [2.75, 3.05) is 14.2 Å². The maximum absolute atomic E-state index is 6.53. The van der Waals surface area contributed by atoms with Crippen LogP contribution in [-0.2, 0) is 10.5 Å². The fourth-order valence-electron chi connectivity index (χ4n) is 3.40. The third kappa shape index (κ3) is 2.57. The molecular formula is C23H20O3. The van der Waals surface area contributed by atoms with Gasteiger partial charge >= 0.3 is 0 Å². The van der Waals surface area contributed by atoms with E-state index < -0.39 is 5.79 Å². The summed E-state index contributed by atoms with van der Waals surface area (Å²) in [5.41, 5.74) is 3.89. The molecule has 0 saturated carbocycles. The predicted octanol–water partition coefficient (Wildman–Crippen LogP) is 5.13. The average molecular weight is 344 g/mol. The fourth-order valence-corrected chi connectivity index (χ4v) is 3.40. The lowest BCUT2D eigenvalue weighted by Gasteiger charge is -2.39. The van der Waals surface area contributed by atoms with Gasteiger partial charge < -0.3 is 14.2 Å². The third-order valence-electron chi connectivity index (χ3n) is 4.66. The number of benzene rings is 3. The van der Waals surface area contributed by atoms with Crippen molar-refractivity contribution in [3.05, 3.63) is 95.6 Å². The Morgan fingerprint density at radius 1 is 0.769 bits per heavy atom. The summed E-state index contributed by atoms with van der Waals surface area (Å²) in [5, 5.41) is 0. The quantitative estimate of drug-likeness (QED) is 0.657. The first-order valence-electron chi connectivity index (χ1n) is 8.53. The summed E-state index contributed by atoms with van der Waals surface area (Å²) >= 11 is 0. The van der Waals surface area contributed by atoms with E-state index >= 15 is 0 Å². The maximum Gasteiger partial charge on any atom is 0.264 e. The molecule has 3 aromatic carbocycles. The van der Waals surface area contributed by atoms with E-state index in [0.717, 1.165) is 22.3 Å². The van der Waals surface area contributed by atoms with Crippen molar-refractivity contribution in [3.8, 4) is 11.5 Å². The normalized spacial score (nSPS) is 18.5. The van der Waals surface area contributed by atoms with Crippen LogP contribution < -0.4 is 9.47 Å². The highest BCUT2D eigenvalue weighted by atomic mass is 16.7. The average Bonchev–Trinajstić information content (AvgIpc) is 2.73. The number of para-hydroxylation sites is 1. The summed E-state index contributed by atoms with van der Waals surface area (Å²) in [4.78, 5) is 0. The molecule has 130 valence electrons. The monoisotopic (exact) mass is 344 g/mol. The van der Waals surface area contributed by atoms with Gasteiger partial charge in [-0.1, -0.05) is 72.8 Å². The van der Waals surface area contributed by atoms with E-state index in [4.69, 9.17) is 14.2 Å². The molecule has 0 aromatic heterocycles. The van der Waals surface area contributed by atoms with Gasteiger partial charge in [0.15, 0.2) is 11.5 Å². The van der Waals surface area contributed by atoms with Gasteiger partial charge in [-0.25, -0.2) is 0 Å². The van der Waals surface area contributed by atoms with Gasteiger partial charge in [0.05, 0.1) is 7.11 Å². The molecule has 4 rings (SSSR count). The van der Waals surface area contributed by atoms with Gasteiger partial charge in [0.2, 0.25) is 0 Å². The van der Waals surface area contributed by atoms with E-state index in [2.05, 4.69) is 18.2 Å². The topological polar surface area (TPSA) is 27.7 Å². The van der Waals surface area contributed by atoms with Crippen LogP contribution in [0, 0.1) is 0 Å². The Balaban J connectivity index is 2.00. The van der Waals surface area contributed by atoms with Gasteiger partial charge in [-0.2, -0.15) is 0 Å². The van der Waals surface area contributed by atoms with Crippen LogP contribution >= 0.6 is 0 Å². The molecule has 0 saturated heterocycles. The first-order chi connectivity index (χ1) is 12.8. The van der Waals surface area contributed by atoms with Crippen LogP contribution in [-0.4, -0.2) is 14.2 Å². The molecule has 0 radical (unpaired) electrons. The largest absolute Gasteiger partial charge is 0.493 e. The minimum Gasteiger partial charge on any atom is -0.493 e. The third-order valence-corrected chi connectivity index (χ3v) is 4.66. The molecule has 0 N–H and O–H groups in total. The lowest BCUT2D eigenvalue weighted by molar-refractivity contribution is -0.124. The lowest BCUT2D eigenvalue weighted by Crippen LogP contribution is -2.38. The lowest BCUT2D eigenvalue weighted by atomic mass is 9.87. The molecule has 26 heavy (non-hydrogen) atoms. The number of hydrogen-bond donors (Lipinski definition) is 0. The van der Waals surface area contributed by atoms with Crippen molar-refractivity contribution < 1.29 is 14.2 Å². The zero-order chi connectivity index (χ0) is 18.0. The Bertz CT molecular complexity index is 932. The second-order valence-electron chi connectivity index (χ2n) is 6.09. The highest BCUT2D eigenvalue weighted by Gasteiger charge is 2.43. The SMILES string of the molecule is COc1cccc2c1OC(OC)(c1ccccc1)C(c1ccccc1)=C2. The summed E-state index contributed by atoms with van der Waals surface area (Å²) in [6, 6.07) is 26.0. The molecule has 1 atom stereocenters. The molecule has 0 spiro atoms. The minimum absolute atomic E-state index is 0.681. The smallest absolute Gasteiger partial charge is 0.264 e. The van der Waals surface area contributed by atoms with Crippen LogP contribution in [0.3, 0.4) is 0 Å².